The monoisotopic (exact) mass is 270 g/mol. The third kappa shape index (κ3) is 2.66. The highest BCUT2D eigenvalue weighted by atomic mass is 16.5. The molecule has 0 aliphatic heterocycles. The van der Waals surface area contributed by atoms with Crippen molar-refractivity contribution in [3.8, 4) is 5.75 Å². The van der Waals surface area contributed by atoms with Gasteiger partial charge >= 0.3 is 0 Å². The van der Waals surface area contributed by atoms with Crippen molar-refractivity contribution in [1.29, 1.82) is 0 Å². The molecule has 0 aromatic heterocycles. The Morgan fingerprint density at radius 3 is 2.65 bits per heavy atom. The lowest BCUT2D eigenvalue weighted by Crippen LogP contribution is -2.10. The Morgan fingerprint density at radius 1 is 1.15 bits per heavy atom. The lowest BCUT2D eigenvalue weighted by Gasteiger charge is -2.18. The van der Waals surface area contributed by atoms with Crippen molar-refractivity contribution in [2.75, 3.05) is 6.61 Å². The molecular formula is C18H22O2. The summed E-state index contributed by atoms with van der Waals surface area (Å²) >= 11 is 0. The zero-order valence-electron chi connectivity index (χ0n) is 12.0. The molecule has 3 rings (SSSR count). The van der Waals surface area contributed by atoms with Crippen LogP contribution in [0, 0.1) is 5.92 Å². The Labute approximate surface area is 120 Å². The van der Waals surface area contributed by atoms with Crippen LogP contribution >= 0.6 is 0 Å². The number of aliphatic hydroxyl groups excluding tert-OH is 1. The molecule has 1 fully saturated rings. The molecule has 1 atom stereocenters. The van der Waals surface area contributed by atoms with Crippen LogP contribution in [0.15, 0.2) is 36.4 Å². The average molecular weight is 270 g/mol. The van der Waals surface area contributed by atoms with Gasteiger partial charge < -0.3 is 9.84 Å². The van der Waals surface area contributed by atoms with E-state index in [0.717, 1.165) is 23.3 Å². The quantitative estimate of drug-likeness (QED) is 0.888. The summed E-state index contributed by atoms with van der Waals surface area (Å²) in [6.45, 7) is 2.57. The van der Waals surface area contributed by atoms with E-state index in [1.807, 2.05) is 18.2 Å². The smallest absolute Gasteiger partial charge is 0.132 e. The largest absolute Gasteiger partial charge is 0.492 e. The summed E-state index contributed by atoms with van der Waals surface area (Å²) in [6.07, 6.45) is 4.70. The molecule has 0 unspecified atom stereocenters. The molecule has 1 aliphatic carbocycles. The zero-order chi connectivity index (χ0) is 13.9. The predicted octanol–water partition coefficient (Wildman–Crippen LogP) is 4.46. The molecule has 0 amide bonds. The number of benzene rings is 2. The molecule has 0 heterocycles. The minimum atomic E-state index is -0.502. The highest BCUT2D eigenvalue weighted by Crippen LogP contribution is 2.35. The van der Waals surface area contributed by atoms with Gasteiger partial charge in [0.05, 0.1) is 12.7 Å². The van der Waals surface area contributed by atoms with Crippen LogP contribution < -0.4 is 4.74 Å². The normalized spacial score (nSPS) is 17.5. The van der Waals surface area contributed by atoms with Gasteiger partial charge in [-0.2, -0.15) is 0 Å². The van der Waals surface area contributed by atoms with Crippen LogP contribution in [0.4, 0.5) is 0 Å². The highest BCUT2D eigenvalue weighted by Gasteiger charge is 2.18. The summed E-state index contributed by atoms with van der Waals surface area (Å²) in [5.41, 5.74) is 0.890. The molecule has 0 radical (unpaired) electrons. The third-order valence-corrected chi connectivity index (χ3v) is 4.30. The molecule has 0 spiro atoms. The molecule has 1 saturated carbocycles. The second kappa shape index (κ2) is 5.84. The van der Waals surface area contributed by atoms with Crippen molar-refractivity contribution in [3.63, 3.8) is 0 Å². The van der Waals surface area contributed by atoms with E-state index in [0.29, 0.717) is 5.92 Å². The van der Waals surface area contributed by atoms with Gasteiger partial charge in [0.15, 0.2) is 0 Å². The Balaban J connectivity index is 1.94. The minimum absolute atomic E-state index is 0.502. The Kier molecular flexibility index (Phi) is 3.93. The second-order valence-electron chi connectivity index (χ2n) is 5.84. The fourth-order valence-corrected chi connectivity index (χ4v) is 3.13. The van der Waals surface area contributed by atoms with Gasteiger partial charge in [-0.15, -0.1) is 0 Å². The first-order chi connectivity index (χ1) is 9.75. The van der Waals surface area contributed by atoms with E-state index < -0.39 is 6.10 Å². The molecule has 0 saturated heterocycles. The number of ether oxygens (including phenoxy) is 1. The van der Waals surface area contributed by atoms with E-state index in [-0.39, 0.29) is 0 Å². The molecule has 2 nitrogen and oxygen atoms in total. The van der Waals surface area contributed by atoms with Crippen molar-refractivity contribution in [1.82, 2.24) is 0 Å². The van der Waals surface area contributed by atoms with E-state index in [1.54, 1.807) is 6.92 Å². The first kappa shape index (κ1) is 13.4. The Morgan fingerprint density at radius 2 is 1.90 bits per heavy atom. The number of aliphatic hydroxyl groups is 1. The predicted molar refractivity (Wildman–Crippen MR) is 82.0 cm³/mol. The summed E-state index contributed by atoms with van der Waals surface area (Å²) < 4.78 is 6.14. The lowest BCUT2D eigenvalue weighted by atomic mass is 10.0. The molecule has 2 heteroatoms. The van der Waals surface area contributed by atoms with Gasteiger partial charge in [-0.25, -0.2) is 0 Å². The first-order valence-corrected chi connectivity index (χ1v) is 7.58. The molecular weight excluding hydrogens is 248 g/mol. The molecule has 1 aliphatic rings. The van der Waals surface area contributed by atoms with Crippen molar-refractivity contribution in [3.05, 3.63) is 42.0 Å². The summed E-state index contributed by atoms with van der Waals surface area (Å²) in [4.78, 5) is 0. The van der Waals surface area contributed by atoms with E-state index in [4.69, 9.17) is 4.74 Å². The maximum atomic E-state index is 9.98. The van der Waals surface area contributed by atoms with E-state index in [1.165, 1.54) is 31.1 Å². The molecule has 2 aromatic rings. The van der Waals surface area contributed by atoms with Gasteiger partial charge in [-0.3, -0.25) is 0 Å². The van der Waals surface area contributed by atoms with E-state index in [9.17, 15) is 5.11 Å². The standard InChI is InChI=1S/C18H22O2/c1-13(19)16-11-10-15-8-4-5-9-17(15)18(16)20-12-14-6-2-3-7-14/h4-5,8-11,13-14,19H,2-3,6-7,12H2,1H3/t13-/m1/s1. The Bertz CT molecular complexity index is 583. The number of hydrogen-bond acceptors (Lipinski definition) is 2. The first-order valence-electron chi connectivity index (χ1n) is 7.58. The lowest BCUT2D eigenvalue weighted by molar-refractivity contribution is 0.187. The van der Waals surface area contributed by atoms with Crippen LogP contribution in [-0.2, 0) is 0 Å². The SMILES string of the molecule is C[C@@H](O)c1ccc2ccccc2c1OCC1CCCC1. The fourth-order valence-electron chi connectivity index (χ4n) is 3.13. The topological polar surface area (TPSA) is 29.5 Å². The number of fused-ring (bicyclic) bond motifs is 1. The van der Waals surface area contributed by atoms with Crippen LogP contribution in [0.25, 0.3) is 10.8 Å². The maximum Gasteiger partial charge on any atom is 0.132 e. The van der Waals surface area contributed by atoms with Crippen LogP contribution in [-0.4, -0.2) is 11.7 Å². The van der Waals surface area contributed by atoms with Gasteiger partial charge in [0, 0.05) is 10.9 Å². The summed E-state index contributed by atoms with van der Waals surface area (Å²) in [7, 11) is 0. The minimum Gasteiger partial charge on any atom is -0.492 e. The average Bonchev–Trinajstić information content (AvgIpc) is 2.97. The molecule has 2 aromatic carbocycles. The summed E-state index contributed by atoms with van der Waals surface area (Å²) in [5.74, 6) is 1.54. The van der Waals surface area contributed by atoms with Gasteiger partial charge in [-0.1, -0.05) is 49.2 Å². The second-order valence-corrected chi connectivity index (χ2v) is 5.84. The molecule has 106 valence electrons. The fraction of sp³-hybridized carbons (Fsp3) is 0.444. The van der Waals surface area contributed by atoms with Crippen molar-refractivity contribution >= 4 is 10.8 Å². The van der Waals surface area contributed by atoms with Gasteiger partial charge in [0.1, 0.15) is 5.75 Å². The van der Waals surface area contributed by atoms with E-state index in [2.05, 4.69) is 18.2 Å². The van der Waals surface area contributed by atoms with Crippen LogP contribution in [0.5, 0.6) is 5.75 Å². The van der Waals surface area contributed by atoms with Gasteiger partial charge in [0.2, 0.25) is 0 Å². The summed E-state index contributed by atoms with van der Waals surface area (Å²) in [5, 5.41) is 12.2. The van der Waals surface area contributed by atoms with E-state index >= 15 is 0 Å². The third-order valence-electron chi connectivity index (χ3n) is 4.30. The number of rotatable bonds is 4. The Hall–Kier alpha value is -1.54. The van der Waals surface area contributed by atoms with Crippen LogP contribution in [0.3, 0.4) is 0 Å². The molecule has 0 bridgehead atoms. The van der Waals surface area contributed by atoms with Crippen molar-refractivity contribution in [2.45, 2.75) is 38.7 Å². The van der Waals surface area contributed by atoms with Crippen molar-refractivity contribution < 1.29 is 9.84 Å². The van der Waals surface area contributed by atoms with Crippen molar-refractivity contribution in [2.24, 2.45) is 5.92 Å². The molecule has 1 N–H and O–H groups in total. The highest BCUT2D eigenvalue weighted by molar-refractivity contribution is 5.89. The van der Waals surface area contributed by atoms with Gasteiger partial charge in [0.25, 0.3) is 0 Å². The van der Waals surface area contributed by atoms with Crippen LogP contribution in [0.2, 0.25) is 0 Å². The zero-order valence-corrected chi connectivity index (χ0v) is 12.0. The summed E-state index contributed by atoms with van der Waals surface area (Å²) in [6, 6.07) is 12.3. The molecule has 20 heavy (non-hydrogen) atoms. The maximum absolute atomic E-state index is 9.98. The van der Waals surface area contributed by atoms with Crippen LogP contribution in [0.1, 0.15) is 44.3 Å². The number of hydrogen-bond donors (Lipinski definition) is 1. The van der Waals surface area contributed by atoms with Gasteiger partial charge in [-0.05, 0) is 31.1 Å².